The first-order valence-electron chi connectivity index (χ1n) is 5.82. The predicted molar refractivity (Wildman–Crippen MR) is 79.6 cm³/mol. The summed E-state index contributed by atoms with van der Waals surface area (Å²) in [5, 5.41) is 5.21. The van der Waals surface area contributed by atoms with Crippen LogP contribution in [0.3, 0.4) is 0 Å². The lowest BCUT2D eigenvalue weighted by Crippen LogP contribution is -1.98. The highest BCUT2D eigenvalue weighted by atomic mass is 35.5. The molecule has 2 aromatic rings. The predicted octanol–water partition coefficient (Wildman–Crippen LogP) is 4.82. The van der Waals surface area contributed by atoms with Gasteiger partial charge in [-0.3, -0.25) is 0 Å². The molecule has 0 atom stereocenters. The number of anilines is 1. The van der Waals surface area contributed by atoms with Gasteiger partial charge in [0.2, 0.25) is 0 Å². The number of rotatable bonds is 5. The smallest absolute Gasteiger partial charge is 0.183 e. The zero-order valence-electron chi connectivity index (χ0n) is 10.2. The zero-order chi connectivity index (χ0) is 13.1. The van der Waals surface area contributed by atoms with Crippen molar-refractivity contribution < 1.29 is 4.74 Å². The molecule has 0 bridgehead atoms. The molecular formula is C12H14Cl2N2OS. The summed E-state index contributed by atoms with van der Waals surface area (Å²) >= 11 is 13.8. The molecule has 0 spiro atoms. The molecular weight excluding hydrogens is 291 g/mol. The Morgan fingerprint density at radius 2 is 2.11 bits per heavy atom. The lowest BCUT2D eigenvalue weighted by atomic mass is 10.3. The third kappa shape index (κ3) is 2.66. The summed E-state index contributed by atoms with van der Waals surface area (Å²) in [6.07, 6.45) is 1.04. The highest BCUT2D eigenvalue weighted by Gasteiger charge is 2.16. The Hall–Kier alpha value is -0.710. The Labute approximate surface area is 120 Å². The van der Waals surface area contributed by atoms with E-state index in [-0.39, 0.29) is 0 Å². The van der Waals surface area contributed by atoms with Gasteiger partial charge in [0.25, 0.3) is 0 Å². The molecule has 0 fully saturated rings. The molecule has 0 aliphatic rings. The molecule has 0 saturated heterocycles. The average Bonchev–Trinajstić information content (AvgIpc) is 2.76. The van der Waals surface area contributed by atoms with Crippen molar-refractivity contribution in [3.8, 4) is 5.75 Å². The number of nitrogens with zero attached hydrogens (tertiary/aromatic N) is 1. The van der Waals surface area contributed by atoms with Gasteiger partial charge in [-0.05, 0) is 19.4 Å². The van der Waals surface area contributed by atoms with E-state index in [1.807, 2.05) is 6.92 Å². The van der Waals surface area contributed by atoms with Gasteiger partial charge in [-0.25, -0.2) is 4.98 Å². The molecule has 18 heavy (non-hydrogen) atoms. The second-order valence-corrected chi connectivity index (χ2v) is 5.54. The fourth-order valence-corrected chi connectivity index (χ4v) is 3.10. The molecule has 6 heteroatoms. The second kappa shape index (κ2) is 5.95. The van der Waals surface area contributed by atoms with Gasteiger partial charge < -0.3 is 10.1 Å². The van der Waals surface area contributed by atoms with Crippen LogP contribution < -0.4 is 10.1 Å². The molecule has 0 aliphatic heterocycles. The Morgan fingerprint density at radius 1 is 1.33 bits per heavy atom. The number of fused-ring (bicyclic) bond motifs is 1. The highest BCUT2D eigenvalue weighted by molar-refractivity contribution is 7.22. The van der Waals surface area contributed by atoms with Gasteiger partial charge in [-0.1, -0.05) is 41.5 Å². The summed E-state index contributed by atoms with van der Waals surface area (Å²) in [6, 6.07) is 1.71. The van der Waals surface area contributed by atoms with Gasteiger partial charge in [0.1, 0.15) is 5.52 Å². The van der Waals surface area contributed by atoms with Crippen LogP contribution in [0.1, 0.15) is 20.3 Å². The minimum atomic E-state index is 0.502. The summed E-state index contributed by atoms with van der Waals surface area (Å²) < 4.78 is 6.45. The van der Waals surface area contributed by atoms with Gasteiger partial charge >= 0.3 is 0 Å². The van der Waals surface area contributed by atoms with E-state index in [0.717, 1.165) is 28.3 Å². The first-order valence-corrected chi connectivity index (χ1v) is 7.39. The van der Waals surface area contributed by atoms with Crippen LogP contribution in [0, 0.1) is 0 Å². The maximum Gasteiger partial charge on any atom is 0.183 e. The van der Waals surface area contributed by atoms with E-state index >= 15 is 0 Å². The molecule has 0 unspecified atom stereocenters. The van der Waals surface area contributed by atoms with E-state index in [2.05, 4.69) is 17.2 Å². The maximum absolute atomic E-state index is 6.18. The van der Waals surface area contributed by atoms with Crippen molar-refractivity contribution in [2.24, 2.45) is 0 Å². The van der Waals surface area contributed by atoms with Crippen LogP contribution in [0.4, 0.5) is 5.13 Å². The van der Waals surface area contributed by atoms with Crippen LogP contribution >= 0.6 is 34.5 Å². The summed E-state index contributed by atoms with van der Waals surface area (Å²) in [5.74, 6) is 0.611. The first-order chi connectivity index (χ1) is 8.67. The van der Waals surface area contributed by atoms with Crippen molar-refractivity contribution in [2.75, 3.05) is 18.5 Å². The van der Waals surface area contributed by atoms with Gasteiger partial charge in [0.15, 0.2) is 10.9 Å². The number of halogens is 2. The minimum Gasteiger partial charge on any atom is -0.490 e. The number of ether oxygens (including phenoxy) is 1. The minimum absolute atomic E-state index is 0.502. The molecule has 1 heterocycles. The summed E-state index contributed by atoms with van der Waals surface area (Å²) in [5.41, 5.74) is 0.734. The quantitative estimate of drug-likeness (QED) is 0.859. The molecule has 1 aromatic carbocycles. The van der Waals surface area contributed by atoms with Gasteiger partial charge in [-0.2, -0.15) is 0 Å². The monoisotopic (exact) mass is 304 g/mol. The van der Waals surface area contributed by atoms with Gasteiger partial charge in [0, 0.05) is 6.54 Å². The molecule has 98 valence electrons. The molecule has 0 amide bonds. The van der Waals surface area contributed by atoms with Crippen LogP contribution in [0.2, 0.25) is 10.0 Å². The Kier molecular flexibility index (Phi) is 4.54. The third-order valence-corrected chi connectivity index (χ3v) is 4.08. The number of hydrogen-bond donors (Lipinski definition) is 1. The highest BCUT2D eigenvalue weighted by Crippen LogP contribution is 2.42. The molecule has 0 aliphatic carbocycles. The van der Waals surface area contributed by atoms with Crippen molar-refractivity contribution in [3.05, 3.63) is 16.1 Å². The molecule has 1 N–H and O–H groups in total. The standard InChI is InChI=1S/C12H14Cl2N2OS/c1-3-5-15-12-16-9-10(17-4-2)7(13)6-8(14)11(9)18-12/h6H,3-5H2,1-2H3,(H,15,16). The lowest BCUT2D eigenvalue weighted by molar-refractivity contribution is 0.344. The summed E-state index contributed by atoms with van der Waals surface area (Å²) in [4.78, 5) is 4.50. The third-order valence-electron chi connectivity index (χ3n) is 2.34. The number of benzene rings is 1. The normalized spacial score (nSPS) is 10.9. The molecule has 3 nitrogen and oxygen atoms in total. The molecule has 2 rings (SSSR count). The average molecular weight is 305 g/mol. The van der Waals surface area contributed by atoms with Crippen molar-refractivity contribution in [3.63, 3.8) is 0 Å². The summed E-state index contributed by atoms with van der Waals surface area (Å²) in [7, 11) is 0. The molecule has 0 radical (unpaired) electrons. The van der Waals surface area contributed by atoms with Gasteiger partial charge in [0.05, 0.1) is 21.4 Å². The van der Waals surface area contributed by atoms with Crippen molar-refractivity contribution >= 4 is 49.9 Å². The van der Waals surface area contributed by atoms with E-state index < -0.39 is 0 Å². The second-order valence-electron chi connectivity index (χ2n) is 3.73. The number of aromatic nitrogens is 1. The molecule has 1 aromatic heterocycles. The van der Waals surface area contributed by atoms with Crippen LogP contribution in [0.5, 0.6) is 5.75 Å². The SMILES string of the molecule is CCCNc1nc2c(OCC)c(Cl)cc(Cl)c2s1. The topological polar surface area (TPSA) is 34.2 Å². The molecule has 0 saturated carbocycles. The van der Waals surface area contributed by atoms with Crippen LogP contribution in [0.15, 0.2) is 6.07 Å². The number of nitrogens with one attached hydrogen (secondary N) is 1. The first kappa shape index (κ1) is 13.7. The number of thiazole rings is 1. The fraction of sp³-hybridized carbons (Fsp3) is 0.417. The Bertz CT molecular complexity index is 556. The zero-order valence-corrected chi connectivity index (χ0v) is 12.5. The van der Waals surface area contributed by atoms with Crippen molar-refractivity contribution in [1.82, 2.24) is 4.98 Å². The van der Waals surface area contributed by atoms with E-state index in [1.165, 1.54) is 11.3 Å². The lowest BCUT2D eigenvalue weighted by Gasteiger charge is -2.06. The Morgan fingerprint density at radius 3 is 2.78 bits per heavy atom. The van der Waals surface area contributed by atoms with Crippen LogP contribution in [-0.2, 0) is 0 Å². The Balaban J connectivity index is 2.51. The van der Waals surface area contributed by atoms with E-state index in [4.69, 9.17) is 27.9 Å². The fourth-order valence-electron chi connectivity index (χ4n) is 1.58. The van der Waals surface area contributed by atoms with E-state index in [9.17, 15) is 0 Å². The van der Waals surface area contributed by atoms with E-state index in [0.29, 0.717) is 22.4 Å². The van der Waals surface area contributed by atoms with Crippen LogP contribution in [0.25, 0.3) is 10.2 Å². The van der Waals surface area contributed by atoms with Crippen molar-refractivity contribution in [2.45, 2.75) is 20.3 Å². The van der Waals surface area contributed by atoms with Gasteiger partial charge in [-0.15, -0.1) is 0 Å². The van der Waals surface area contributed by atoms with E-state index in [1.54, 1.807) is 6.07 Å². The maximum atomic E-state index is 6.18. The largest absolute Gasteiger partial charge is 0.490 e. The van der Waals surface area contributed by atoms with Crippen molar-refractivity contribution in [1.29, 1.82) is 0 Å². The number of hydrogen-bond acceptors (Lipinski definition) is 4. The van der Waals surface area contributed by atoms with Crippen LogP contribution in [-0.4, -0.2) is 18.1 Å². The summed E-state index contributed by atoms with van der Waals surface area (Å²) in [6.45, 7) is 5.45.